The highest BCUT2D eigenvalue weighted by Gasteiger charge is 2.11. The summed E-state index contributed by atoms with van der Waals surface area (Å²) in [7, 11) is 0. The van der Waals surface area contributed by atoms with Crippen molar-refractivity contribution < 1.29 is 9.53 Å². The Kier molecular flexibility index (Phi) is 5.22. The summed E-state index contributed by atoms with van der Waals surface area (Å²) >= 11 is 0. The monoisotopic (exact) mass is 289 g/mol. The number of aromatic nitrogens is 1. The maximum atomic E-state index is 12.2. The third-order valence-corrected chi connectivity index (χ3v) is 3.26. The number of nitrogens with two attached hydrogens (primary N) is 1. The Balaban J connectivity index is 1.84. The molecule has 5 nitrogen and oxygen atoms in total. The fraction of sp³-hybridized carbons (Fsp3) is 0.438. The fourth-order valence-electron chi connectivity index (χ4n) is 2.17. The van der Waals surface area contributed by atoms with Gasteiger partial charge in [-0.1, -0.05) is 0 Å². The van der Waals surface area contributed by atoms with Crippen molar-refractivity contribution in [1.29, 1.82) is 0 Å². The van der Waals surface area contributed by atoms with Crippen LogP contribution >= 0.6 is 0 Å². The van der Waals surface area contributed by atoms with Crippen LogP contribution in [0, 0.1) is 0 Å². The van der Waals surface area contributed by atoms with Crippen LogP contribution < -0.4 is 11.1 Å². The molecule has 114 valence electrons. The number of unbranched alkanes of at least 4 members (excludes halogenated alkanes) is 1. The first-order valence-electron chi connectivity index (χ1n) is 7.34. The molecular formula is C16H23N3O2. The molecule has 5 heteroatoms. The van der Waals surface area contributed by atoms with Crippen molar-refractivity contribution in [2.75, 3.05) is 18.9 Å². The molecule has 0 bridgehead atoms. The topological polar surface area (TPSA) is 80.1 Å². The highest BCUT2D eigenvalue weighted by Crippen LogP contribution is 2.20. The van der Waals surface area contributed by atoms with Crippen molar-refractivity contribution in [3.8, 4) is 0 Å². The number of rotatable bonds is 7. The summed E-state index contributed by atoms with van der Waals surface area (Å²) in [6, 6.07) is 5.51. The van der Waals surface area contributed by atoms with Crippen LogP contribution in [0.1, 0.15) is 37.0 Å². The number of hydrogen-bond donors (Lipinski definition) is 3. The van der Waals surface area contributed by atoms with Crippen LogP contribution in [-0.2, 0) is 4.74 Å². The summed E-state index contributed by atoms with van der Waals surface area (Å²) in [5.74, 6) is -0.0726. The van der Waals surface area contributed by atoms with Crippen molar-refractivity contribution >= 4 is 22.5 Å². The highest BCUT2D eigenvalue weighted by molar-refractivity contribution is 6.07. The molecule has 2 aromatic rings. The zero-order valence-corrected chi connectivity index (χ0v) is 12.6. The second-order valence-corrected chi connectivity index (χ2v) is 5.39. The van der Waals surface area contributed by atoms with Gasteiger partial charge in [-0.15, -0.1) is 0 Å². The molecule has 0 unspecified atom stereocenters. The minimum absolute atomic E-state index is 0.0726. The molecule has 0 spiro atoms. The molecule has 1 amide bonds. The first kappa shape index (κ1) is 15.4. The molecule has 1 aromatic heterocycles. The molecule has 0 saturated heterocycles. The smallest absolute Gasteiger partial charge is 0.253 e. The predicted molar refractivity (Wildman–Crippen MR) is 85.4 cm³/mol. The number of anilines is 1. The lowest BCUT2D eigenvalue weighted by Gasteiger charge is -2.07. The van der Waals surface area contributed by atoms with Gasteiger partial charge in [0, 0.05) is 35.9 Å². The van der Waals surface area contributed by atoms with E-state index in [1.54, 1.807) is 6.20 Å². The number of ether oxygens (including phenoxy) is 1. The molecule has 0 radical (unpaired) electrons. The Morgan fingerprint density at radius 2 is 2.19 bits per heavy atom. The van der Waals surface area contributed by atoms with Gasteiger partial charge in [0.05, 0.1) is 11.7 Å². The van der Waals surface area contributed by atoms with Crippen molar-refractivity contribution in [1.82, 2.24) is 10.3 Å². The minimum atomic E-state index is -0.0726. The third-order valence-electron chi connectivity index (χ3n) is 3.26. The van der Waals surface area contributed by atoms with E-state index in [2.05, 4.69) is 10.3 Å². The van der Waals surface area contributed by atoms with Gasteiger partial charge >= 0.3 is 0 Å². The molecule has 0 saturated carbocycles. The Labute approximate surface area is 124 Å². The summed E-state index contributed by atoms with van der Waals surface area (Å²) in [5.41, 5.74) is 7.98. The van der Waals surface area contributed by atoms with E-state index in [1.165, 1.54) is 0 Å². The SMILES string of the molecule is CC(C)OCCCCNC(=O)c1c[nH]c2ccc(N)cc12. The maximum absolute atomic E-state index is 12.2. The van der Waals surface area contributed by atoms with E-state index in [9.17, 15) is 4.79 Å². The summed E-state index contributed by atoms with van der Waals surface area (Å²) in [6.07, 6.45) is 3.83. The molecule has 0 aliphatic heterocycles. The van der Waals surface area contributed by atoms with Gasteiger partial charge in [0.1, 0.15) is 0 Å². The molecule has 0 atom stereocenters. The van der Waals surface area contributed by atoms with Gasteiger partial charge < -0.3 is 20.8 Å². The number of carbonyl (C=O) groups excluding carboxylic acids is 1. The number of nitrogens with one attached hydrogen (secondary N) is 2. The third kappa shape index (κ3) is 4.23. The van der Waals surface area contributed by atoms with E-state index in [1.807, 2.05) is 32.0 Å². The summed E-state index contributed by atoms with van der Waals surface area (Å²) in [5, 5.41) is 3.79. The van der Waals surface area contributed by atoms with Crippen LogP contribution in [0.15, 0.2) is 24.4 Å². The zero-order chi connectivity index (χ0) is 15.2. The fourth-order valence-corrected chi connectivity index (χ4v) is 2.17. The average molecular weight is 289 g/mol. The number of fused-ring (bicyclic) bond motifs is 1. The van der Waals surface area contributed by atoms with Crippen molar-refractivity contribution in [3.05, 3.63) is 30.0 Å². The molecule has 0 fully saturated rings. The largest absolute Gasteiger partial charge is 0.399 e. The van der Waals surface area contributed by atoms with Crippen molar-refractivity contribution in [2.45, 2.75) is 32.8 Å². The number of nitrogen functional groups attached to an aromatic ring is 1. The number of benzene rings is 1. The molecule has 21 heavy (non-hydrogen) atoms. The Hall–Kier alpha value is -2.01. The van der Waals surface area contributed by atoms with Crippen LogP contribution in [0.2, 0.25) is 0 Å². The predicted octanol–water partition coefficient (Wildman–Crippen LogP) is 2.69. The van der Waals surface area contributed by atoms with E-state index in [0.29, 0.717) is 17.8 Å². The standard InChI is InChI=1S/C16H23N3O2/c1-11(2)21-8-4-3-7-18-16(20)14-10-19-15-6-5-12(17)9-13(14)15/h5-6,9-11,19H,3-4,7-8,17H2,1-2H3,(H,18,20). The van der Waals surface area contributed by atoms with Crippen LogP contribution in [0.5, 0.6) is 0 Å². The van der Waals surface area contributed by atoms with Crippen LogP contribution in [0.25, 0.3) is 10.9 Å². The molecular weight excluding hydrogens is 266 g/mol. The zero-order valence-electron chi connectivity index (χ0n) is 12.6. The van der Waals surface area contributed by atoms with Crippen LogP contribution in [-0.4, -0.2) is 30.1 Å². The van der Waals surface area contributed by atoms with E-state index in [4.69, 9.17) is 10.5 Å². The normalized spacial score (nSPS) is 11.2. The second-order valence-electron chi connectivity index (χ2n) is 5.39. The van der Waals surface area contributed by atoms with E-state index in [0.717, 1.165) is 30.4 Å². The number of H-pyrrole nitrogens is 1. The Morgan fingerprint density at radius 3 is 2.95 bits per heavy atom. The number of hydrogen-bond acceptors (Lipinski definition) is 3. The molecule has 0 aliphatic rings. The Morgan fingerprint density at radius 1 is 1.38 bits per heavy atom. The van der Waals surface area contributed by atoms with Gasteiger partial charge in [-0.05, 0) is 44.9 Å². The van der Waals surface area contributed by atoms with Gasteiger partial charge in [-0.2, -0.15) is 0 Å². The summed E-state index contributed by atoms with van der Waals surface area (Å²) in [4.78, 5) is 15.3. The Bertz CT molecular complexity index is 605. The first-order valence-corrected chi connectivity index (χ1v) is 7.34. The molecule has 4 N–H and O–H groups in total. The van der Waals surface area contributed by atoms with Gasteiger partial charge in [-0.3, -0.25) is 4.79 Å². The molecule has 1 heterocycles. The summed E-state index contributed by atoms with van der Waals surface area (Å²) < 4.78 is 5.46. The molecule has 0 aliphatic carbocycles. The van der Waals surface area contributed by atoms with Gasteiger partial charge in [0.15, 0.2) is 0 Å². The van der Waals surface area contributed by atoms with E-state index < -0.39 is 0 Å². The maximum Gasteiger partial charge on any atom is 0.253 e. The lowest BCUT2D eigenvalue weighted by Crippen LogP contribution is -2.24. The van der Waals surface area contributed by atoms with Gasteiger partial charge in [0.25, 0.3) is 5.91 Å². The molecule has 2 rings (SSSR count). The van der Waals surface area contributed by atoms with Crippen LogP contribution in [0.4, 0.5) is 5.69 Å². The highest BCUT2D eigenvalue weighted by atomic mass is 16.5. The van der Waals surface area contributed by atoms with E-state index >= 15 is 0 Å². The van der Waals surface area contributed by atoms with Gasteiger partial charge in [0.2, 0.25) is 0 Å². The second kappa shape index (κ2) is 7.13. The number of aromatic amines is 1. The average Bonchev–Trinajstić information content (AvgIpc) is 2.85. The number of amides is 1. The van der Waals surface area contributed by atoms with Crippen molar-refractivity contribution in [3.63, 3.8) is 0 Å². The molecule has 1 aromatic carbocycles. The lowest BCUT2D eigenvalue weighted by atomic mass is 10.1. The minimum Gasteiger partial charge on any atom is -0.399 e. The van der Waals surface area contributed by atoms with Gasteiger partial charge in [-0.25, -0.2) is 0 Å². The number of carbonyl (C=O) groups is 1. The van der Waals surface area contributed by atoms with E-state index in [-0.39, 0.29) is 12.0 Å². The first-order chi connectivity index (χ1) is 10.1. The van der Waals surface area contributed by atoms with Crippen molar-refractivity contribution in [2.24, 2.45) is 0 Å². The van der Waals surface area contributed by atoms with Crippen LogP contribution in [0.3, 0.4) is 0 Å². The lowest BCUT2D eigenvalue weighted by molar-refractivity contribution is 0.0754. The quantitative estimate of drug-likeness (QED) is 0.541. The summed E-state index contributed by atoms with van der Waals surface area (Å²) in [6.45, 7) is 5.42.